The number of aromatic nitrogens is 1. The van der Waals surface area contributed by atoms with Crippen LogP contribution in [0.4, 0.5) is 13.2 Å². The maximum Gasteiger partial charge on any atom is 0.573 e. The van der Waals surface area contributed by atoms with Gasteiger partial charge in [0.25, 0.3) is 5.91 Å². The number of ether oxygens (including phenoxy) is 2. The van der Waals surface area contributed by atoms with Crippen molar-refractivity contribution in [3.63, 3.8) is 0 Å². The number of hydrogen-bond acceptors (Lipinski definition) is 5. The van der Waals surface area contributed by atoms with E-state index in [-0.39, 0.29) is 12.0 Å². The lowest BCUT2D eigenvalue weighted by atomic mass is 9.92. The van der Waals surface area contributed by atoms with Gasteiger partial charge in [0.1, 0.15) is 5.75 Å². The van der Waals surface area contributed by atoms with Gasteiger partial charge in [-0.05, 0) is 60.4 Å². The molecule has 4 aromatic rings. The second-order valence-corrected chi connectivity index (χ2v) is 9.04. The summed E-state index contributed by atoms with van der Waals surface area (Å²) >= 11 is 0. The van der Waals surface area contributed by atoms with Crippen molar-refractivity contribution in [2.75, 3.05) is 13.7 Å². The van der Waals surface area contributed by atoms with Crippen LogP contribution in [0.25, 0.3) is 22.0 Å². The van der Waals surface area contributed by atoms with Crippen molar-refractivity contribution in [3.8, 4) is 16.9 Å². The molecule has 1 atom stereocenters. The molecule has 7 nitrogen and oxygen atoms in total. The minimum Gasteiger partial charge on any atom is -0.465 e. The molecule has 1 heterocycles. The molecule has 3 N–H and O–H groups in total. The molecule has 1 unspecified atom stereocenters. The van der Waals surface area contributed by atoms with Crippen LogP contribution in [0.1, 0.15) is 33.2 Å². The van der Waals surface area contributed by atoms with Gasteiger partial charge in [0, 0.05) is 17.1 Å². The standard InChI is InChI=1S/C28H25F3N2O5/c1-27(16-34,14-20-15-32-23-6-4-3-5-21(20)23)33-25(35)22-13-19(11-12-24(22)38-28(29,30)31)17-7-9-18(10-8-17)26(36)37-2/h3-13,15,32,34H,14,16H2,1-2H3,(H,33,35). The minimum absolute atomic E-state index is 0.212. The van der Waals surface area contributed by atoms with Gasteiger partial charge in [0.15, 0.2) is 0 Å². The first-order valence-electron chi connectivity index (χ1n) is 11.6. The minimum atomic E-state index is -5.02. The zero-order chi connectivity index (χ0) is 27.5. The Kier molecular flexibility index (Phi) is 7.45. The monoisotopic (exact) mass is 526 g/mol. The molecular formula is C28H25F3N2O5. The van der Waals surface area contributed by atoms with E-state index in [9.17, 15) is 27.9 Å². The van der Waals surface area contributed by atoms with Gasteiger partial charge < -0.3 is 24.9 Å². The number of esters is 1. The molecule has 38 heavy (non-hydrogen) atoms. The number of carbonyl (C=O) groups excluding carboxylic acids is 2. The van der Waals surface area contributed by atoms with E-state index in [4.69, 9.17) is 0 Å². The molecule has 0 aliphatic carbocycles. The number of alkyl halides is 3. The molecule has 0 aliphatic rings. The lowest BCUT2D eigenvalue weighted by Crippen LogP contribution is -2.50. The number of amides is 1. The Balaban J connectivity index is 1.66. The molecule has 0 bridgehead atoms. The first-order chi connectivity index (χ1) is 18.0. The number of aliphatic hydroxyl groups is 1. The largest absolute Gasteiger partial charge is 0.573 e. The number of nitrogens with one attached hydrogen (secondary N) is 2. The highest BCUT2D eigenvalue weighted by molar-refractivity contribution is 5.99. The number of aromatic amines is 1. The topological polar surface area (TPSA) is 101 Å². The van der Waals surface area contributed by atoms with Crippen LogP contribution < -0.4 is 10.1 Å². The average molecular weight is 527 g/mol. The molecule has 0 spiro atoms. The van der Waals surface area contributed by atoms with E-state index in [1.54, 1.807) is 25.3 Å². The molecule has 10 heteroatoms. The number of para-hydroxylation sites is 1. The van der Waals surface area contributed by atoms with Crippen LogP contribution in [0.5, 0.6) is 5.75 Å². The first-order valence-corrected chi connectivity index (χ1v) is 11.6. The van der Waals surface area contributed by atoms with Crippen LogP contribution in [0.2, 0.25) is 0 Å². The normalized spacial score (nSPS) is 13.1. The van der Waals surface area contributed by atoms with Gasteiger partial charge in [-0.1, -0.05) is 36.4 Å². The SMILES string of the molecule is COC(=O)c1ccc(-c2ccc(OC(F)(F)F)c(C(=O)NC(C)(CO)Cc3c[nH]c4ccccc34)c2)cc1. The number of halogens is 3. The molecule has 1 aromatic heterocycles. The second-order valence-electron chi connectivity index (χ2n) is 9.04. The summed E-state index contributed by atoms with van der Waals surface area (Å²) in [5.74, 6) is -2.07. The van der Waals surface area contributed by atoms with E-state index in [2.05, 4.69) is 19.8 Å². The molecule has 0 aliphatic heterocycles. The smallest absolute Gasteiger partial charge is 0.465 e. The van der Waals surface area contributed by atoms with Gasteiger partial charge in [0.05, 0.1) is 30.4 Å². The van der Waals surface area contributed by atoms with Gasteiger partial charge >= 0.3 is 12.3 Å². The summed E-state index contributed by atoms with van der Waals surface area (Å²) in [6.07, 6.45) is -3.05. The zero-order valence-electron chi connectivity index (χ0n) is 20.6. The Morgan fingerprint density at radius 3 is 2.34 bits per heavy atom. The molecule has 198 valence electrons. The van der Waals surface area contributed by atoms with Gasteiger partial charge in [-0.25, -0.2) is 4.79 Å². The predicted molar refractivity (Wildman–Crippen MR) is 135 cm³/mol. The highest BCUT2D eigenvalue weighted by atomic mass is 19.4. The number of fused-ring (bicyclic) bond motifs is 1. The fourth-order valence-electron chi connectivity index (χ4n) is 4.20. The van der Waals surface area contributed by atoms with Crippen molar-refractivity contribution in [1.29, 1.82) is 0 Å². The van der Waals surface area contributed by atoms with Crippen molar-refractivity contribution >= 4 is 22.8 Å². The lowest BCUT2D eigenvalue weighted by molar-refractivity contribution is -0.274. The van der Waals surface area contributed by atoms with E-state index in [1.165, 1.54) is 31.4 Å². The molecule has 0 fully saturated rings. The van der Waals surface area contributed by atoms with Crippen molar-refractivity contribution in [2.24, 2.45) is 0 Å². The number of H-pyrrole nitrogens is 1. The maximum atomic E-state index is 13.3. The van der Waals surface area contributed by atoms with Crippen LogP contribution in [0.3, 0.4) is 0 Å². The van der Waals surface area contributed by atoms with Crippen molar-refractivity contribution in [1.82, 2.24) is 10.3 Å². The lowest BCUT2D eigenvalue weighted by Gasteiger charge is -2.29. The second kappa shape index (κ2) is 10.6. The summed E-state index contributed by atoms with van der Waals surface area (Å²) in [4.78, 5) is 28.2. The quantitative estimate of drug-likeness (QED) is 0.273. The molecule has 0 saturated carbocycles. The summed E-state index contributed by atoms with van der Waals surface area (Å²) in [7, 11) is 1.25. The molecule has 0 radical (unpaired) electrons. The number of benzene rings is 3. The Hall–Kier alpha value is -4.31. The third kappa shape index (κ3) is 5.97. The van der Waals surface area contributed by atoms with Crippen LogP contribution in [0, 0.1) is 0 Å². The number of rotatable bonds is 8. The molecule has 0 saturated heterocycles. The van der Waals surface area contributed by atoms with Crippen molar-refractivity contribution in [3.05, 3.63) is 89.6 Å². The number of methoxy groups -OCH3 is 1. The van der Waals surface area contributed by atoms with E-state index in [0.717, 1.165) is 22.5 Å². The summed E-state index contributed by atoms with van der Waals surface area (Å²) < 4.78 is 48.2. The summed E-state index contributed by atoms with van der Waals surface area (Å²) in [6, 6.07) is 17.4. The van der Waals surface area contributed by atoms with E-state index in [1.807, 2.05) is 24.3 Å². The molecule has 4 rings (SSSR count). The average Bonchev–Trinajstić information content (AvgIpc) is 3.30. The maximum absolute atomic E-state index is 13.3. The molecular weight excluding hydrogens is 501 g/mol. The van der Waals surface area contributed by atoms with E-state index in [0.29, 0.717) is 16.7 Å². The van der Waals surface area contributed by atoms with Gasteiger partial charge in [-0.2, -0.15) is 0 Å². The van der Waals surface area contributed by atoms with Gasteiger partial charge in [-0.15, -0.1) is 13.2 Å². The first kappa shape index (κ1) is 26.7. The highest BCUT2D eigenvalue weighted by Gasteiger charge is 2.34. The van der Waals surface area contributed by atoms with Crippen LogP contribution in [0.15, 0.2) is 72.9 Å². The van der Waals surface area contributed by atoms with E-state index < -0.39 is 36.1 Å². The third-order valence-electron chi connectivity index (χ3n) is 6.11. The van der Waals surface area contributed by atoms with Crippen LogP contribution in [-0.4, -0.2) is 47.6 Å². The van der Waals surface area contributed by atoms with E-state index >= 15 is 0 Å². The third-order valence-corrected chi connectivity index (χ3v) is 6.11. The highest BCUT2D eigenvalue weighted by Crippen LogP contribution is 2.32. The van der Waals surface area contributed by atoms with Crippen molar-refractivity contribution < 1.29 is 37.3 Å². The Bertz CT molecular complexity index is 1460. The van der Waals surface area contributed by atoms with Gasteiger partial charge in [-0.3, -0.25) is 4.79 Å². The zero-order valence-corrected chi connectivity index (χ0v) is 20.6. The Morgan fingerprint density at radius 1 is 1.00 bits per heavy atom. The molecule has 3 aromatic carbocycles. The van der Waals surface area contributed by atoms with Gasteiger partial charge in [0.2, 0.25) is 0 Å². The summed E-state index contributed by atoms with van der Waals surface area (Å²) in [5, 5.41) is 13.7. The number of carbonyl (C=O) groups is 2. The van der Waals surface area contributed by atoms with Crippen molar-refractivity contribution in [2.45, 2.75) is 25.2 Å². The predicted octanol–water partition coefficient (Wildman–Crippen LogP) is 5.24. The summed E-state index contributed by atoms with van der Waals surface area (Å²) in [5.41, 5.74) is 1.40. The Labute approximate surface area is 216 Å². The van der Waals surface area contributed by atoms with Crippen LogP contribution >= 0.6 is 0 Å². The fraction of sp³-hybridized carbons (Fsp3) is 0.214. The van der Waals surface area contributed by atoms with Crippen LogP contribution in [-0.2, 0) is 11.2 Å². The summed E-state index contributed by atoms with van der Waals surface area (Å²) in [6.45, 7) is 1.13. The molecule has 1 amide bonds. The number of aliphatic hydroxyl groups excluding tert-OH is 1. The number of hydrogen-bond donors (Lipinski definition) is 3. The fourth-order valence-corrected chi connectivity index (χ4v) is 4.20. The Morgan fingerprint density at radius 2 is 1.68 bits per heavy atom.